The Morgan fingerprint density at radius 3 is 2.50 bits per heavy atom. The number of carbonyl (C=O) groups excluding carboxylic acids is 3. The molecule has 174 valence electrons. The highest BCUT2D eigenvalue weighted by Gasteiger charge is 2.36. The first kappa shape index (κ1) is 23.3. The van der Waals surface area contributed by atoms with Gasteiger partial charge in [0.05, 0.1) is 17.7 Å². The first-order valence-electron chi connectivity index (χ1n) is 10.4. The van der Waals surface area contributed by atoms with E-state index in [1.807, 2.05) is 19.9 Å². The molecule has 3 amide bonds. The van der Waals surface area contributed by atoms with Crippen molar-refractivity contribution in [1.29, 1.82) is 0 Å². The molecule has 7 nitrogen and oxygen atoms in total. The van der Waals surface area contributed by atoms with Crippen molar-refractivity contribution in [3.63, 3.8) is 0 Å². The number of carbonyl (C=O) groups is 3. The Kier molecular flexibility index (Phi) is 6.56. The zero-order chi connectivity index (χ0) is 24.4. The summed E-state index contributed by atoms with van der Waals surface area (Å²) >= 11 is 0.771. The van der Waals surface area contributed by atoms with E-state index in [0.29, 0.717) is 22.7 Å². The molecule has 0 spiro atoms. The van der Waals surface area contributed by atoms with Gasteiger partial charge in [0.2, 0.25) is 5.91 Å². The van der Waals surface area contributed by atoms with Crippen LogP contribution in [0.5, 0.6) is 5.75 Å². The van der Waals surface area contributed by atoms with Crippen LogP contribution in [-0.2, 0) is 9.59 Å². The van der Waals surface area contributed by atoms with Crippen LogP contribution < -0.4 is 10.1 Å². The molecule has 9 heteroatoms. The number of hydrogen-bond donors (Lipinski definition) is 1. The van der Waals surface area contributed by atoms with Crippen molar-refractivity contribution in [1.82, 2.24) is 9.47 Å². The van der Waals surface area contributed by atoms with E-state index in [1.165, 1.54) is 6.07 Å². The second kappa shape index (κ2) is 9.56. The number of imide groups is 1. The van der Waals surface area contributed by atoms with Gasteiger partial charge in [0, 0.05) is 17.1 Å². The second-order valence-corrected chi connectivity index (χ2v) is 8.65. The summed E-state index contributed by atoms with van der Waals surface area (Å²) in [7, 11) is 1.54. The number of nitrogens with one attached hydrogen (secondary N) is 1. The van der Waals surface area contributed by atoms with Crippen molar-refractivity contribution in [3.05, 3.63) is 82.3 Å². The normalized spacial score (nSPS) is 14.7. The fourth-order valence-electron chi connectivity index (χ4n) is 3.73. The summed E-state index contributed by atoms with van der Waals surface area (Å²) in [5, 5.41) is 2.14. The molecule has 0 aliphatic carbocycles. The Hall–Kier alpha value is -3.85. The minimum atomic E-state index is -0.546. The minimum Gasteiger partial charge on any atom is -0.497 e. The molecule has 34 heavy (non-hydrogen) atoms. The van der Waals surface area contributed by atoms with Gasteiger partial charge < -0.3 is 14.6 Å². The average molecular weight is 480 g/mol. The number of thioether (sulfide) groups is 1. The second-order valence-electron chi connectivity index (χ2n) is 7.66. The highest BCUT2D eigenvalue weighted by atomic mass is 32.2. The van der Waals surface area contributed by atoms with E-state index in [1.54, 1.807) is 60.2 Å². The van der Waals surface area contributed by atoms with E-state index in [9.17, 15) is 18.8 Å². The number of methoxy groups -OCH3 is 1. The predicted molar refractivity (Wildman–Crippen MR) is 130 cm³/mol. The van der Waals surface area contributed by atoms with Gasteiger partial charge in [-0.3, -0.25) is 19.3 Å². The third-order valence-electron chi connectivity index (χ3n) is 5.40. The van der Waals surface area contributed by atoms with Crippen LogP contribution in [0.1, 0.15) is 17.0 Å². The molecule has 0 saturated carbocycles. The fourth-order valence-corrected chi connectivity index (χ4v) is 4.56. The number of halogens is 1. The molecule has 2 aromatic carbocycles. The average Bonchev–Trinajstić information content (AvgIpc) is 3.24. The number of amides is 3. The Labute approximate surface area is 200 Å². The molecular formula is C25H22FN3O4S. The number of anilines is 1. The van der Waals surface area contributed by atoms with Crippen molar-refractivity contribution < 1.29 is 23.5 Å². The molecule has 1 aliphatic heterocycles. The molecule has 0 bridgehead atoms. The lowest BCUT2D eigenvalue weighted by Gasteiger charge is -2.12. The van der Waals surface area contributed by atoms with Crippen LogP contribution in [0.3, 0.4) is 0 Å². The van der Waals surface area contributed by atoms with E-state index in [-0.39, 0.29) is 10.7 Å². The third kappa shape index (κ3) is 4.60. The van der Waals surface area contributed by atoms with Gasteiger partial charge in [-0.15, -0.1) is 0 Å². The maximum atomic E-state index is 14.3. The smallest absolute Gasteiger partial charge is 0.294 e. The number of para-hydroxylation sites is 1. The zero-order valence-corrected chi connectivity index (χ0v) is 19.6. The molecule has 2 heterocycles. The minimum absolute atomic E-state index is 0.205. The zero-order valence-electron chi connectivity index (χ0n) is 18.8. The monoisotopic (exact) mass is 479 g/mol. The first-order chi connectivity index (χ1) is 16.3. The maximum absolute atomic E-state index is 14.3. The number of aromatic nitrogens is 1. The summed E-state index contributed by atoms with van der Waals surface area (Å²) in [4.78, 5) is 38.9. The van der Waals surface area contributed by atoms with Gasteiger partial charge in [0.25, 0.3) is 11.1 Å². The number of rotatable bonds is 6. The van der Waals surface area contributed by atoms with Crippen LogP contribution >= 0.6 is 11.8 Å². The van der Waals surface area contributed by atoms with Crippen molar-refractivity contribution in [2.45, 2.75) is 13.8 Å². The predicted octanol–water partition coefficient (Wildman–Crippen LogP) is 4.92. The molecular weight excluding hydrogens is 457 g/mol. The van der Waals surface area contributed by atoms with E-state index in [4.69, 9.17) is 4.74 Å². The first-order valence-corrected chi connectivity index (χ1v) is 11.2. The Morgan fingerprint density at radius 2 is 1.82 bits per heavy atom. The molecule has 3 aromatic rings. The van der Waals surface area contributed by atoms with Gasteiger partial charge in [-0.1, -0.05) is 12.1 Å². The summed E-state index contributed by atoms with van der Waals surface area (Å²) < 4.78 is 21.2. The van der Waals surface area contributed by atoms with E-state index < -0.39 is 23.6 Å². The Balaban J connectivity index is 1.51. The van der Waals surface area contributed by atoms with Crippen LogP contribution in [0.15, 0.2) is 59.5 Å². The summed E-state index contributed by atoms with van der Waals surface area (Å²) in [6.07, 6.45) is 1.60. The number of benzene rings is 2. The molecule has 1 aliphatic rings. The quantitative estimate of drug-likeness (QED) is 0.508. The largest absolute Gasteiger partial charge is 0.497 e. The maximum Gasteiger partial charge on any atom is 0.294 e. The van der Waals surface area contributed by atoms with Crippen LogP contribution in [0, 0.1) is 19.7 Å². The Bertz CT molecular complexity index is 1310. The highest BCUT2D eigenvalue weighted by molar-refractivity contribution is 8.18. The van der Waals surface area contributed by atoms with Gasteiger partial charge in [0.15, 0.2) is 0 Å². The molecule has 0 unspecified atom stereocenters. The van der Waals surface area contributed by atoms with Gasteiger partial charge in [-0.25, -0.2) is 4.39 Å². The molecule has 1 saturated heterocycles. The molecule has 1 fully saturated rings. The summed E-state index contributed by atoms with van der Waals surface area (Å²) in [5.41, 5.74) is 3.13. The van der Waals surface area contributed by atoms with Crippen molar-refractivity contribution in [2.75, 3.05) is 19.0 Å². The number of aryl methyl sites for hydroxylation is 1. The van der Waals surface area contributed by atoms with E-state index in [0.717, 1.165) is 28.0 Å². The molecule has 4 rings (SSSR count). The van der Waals surface area contributed by atoms with Crippen LogP contribution in [0.2, 0.25) is 0 Å². The van der Waals surface area contributed by atoms with Crippen LogP contribution in [0.4, 0.5) is 14.9 Å². The van der Waals surface area contributed by atoms with Gasteiger partial charge in [-0.2, -0.15) is 0 Å². The van der Waals surface area contributed by atoms with Crippen LogP contribution in [0.25, 0.3) is 11.8 Å². The number of hydrogen-bond acceptors (Lipinski definition) is 5. The number of nitrogens with zero attached hydrogens (tertiary/aromatic N) is 2. The summed E-state index contributed by atoms with van der Waals surface area (Å²) in [6.45, 7) is 3.26. The van der Waals surface area contributed by atoms with Gasteiger partial charge >= 0.3 is 0 Å². The van der Waals surface area contributed by atoms with Crippen molar-refractivity contribution in [3.8, 4) is 11.4 Å². The fraction of sp³-hybridized carbons (Fsp3) is 0.160. The lowest BCUT2D eigenvalue weighted by molar-refractivity contribution is -0.127. The lowest BCUT2D eigenvalue weighted by atomic mass is 10.2. The summed E-state index contributed by atoms with van der Waals surface area (Å²) in [5.74, 6) is -0.760. The molecule has 0 radical (unpaired) electrons. The highest BCUT2D eigenvalue weighted by Crippen LogP contribution is 2.34. The topological polar surface area (TPSA) is 80.6 Å². The van der Waals surface area contributed by atoms with Gasteiger partial charge in [0.1, 0.15) is 18.1 Å². The van der Waals surface area contributed by atoms with Crippen LogP contribution in [-0.4, -0.2) is 40.2 Å². The Morgan fingerprint density at radius 1 is 1.12 bits per heavy atom. The summed E-state index contributed by atoms with van der Waals surface area (Å²) in [6, 6.07) is 15.0. The molecule has 0 atom stereocenters. The van der Waals surface area contributed by atoms with E-state index >= 15 is 0 Å². The molecule has 1 N–H and O–H groups in total. The van der Waals surface area contributed by atoms with E-state index in [2.05, 4.69) is 5.32 Å². The third-order valence-corrected chi connectivity index (χ3v) is 6.31. The molecule has 1 aromatic heterocycles. The lowest BCUT2D eigenvalue weighted by Crippen LogP contribution is -2.36. The van der Waals surface area contributed by atoms with Crippen molar-refractivity contribution >= 4 is 40.6 Å². The van der Waals surface area contributed by atoms with Crippen molar-refractivity contribution in [2.24, 2.45) is 0 Å². The number of ether oxygens (including phenoxy) is 1. The SMILES string of the molecule is COc1ccc(NC(=O)CN2C(=O)S/C(=C/c3cc(C)n(-c4ccccc4F)c3C)C2=O)cc1. The standard InChI is InChI=1S/C25H22FN3O4S/c1-15-12-17(16(2)29(15)21-7-5-4-6-20(21)26)13-22-24(31)28(25(32)34-22)14-23(30)27-18-8-10-19(33-3)11-9-18/h4-13H,14H2,1-3H3,(H,27,30)/b22-13+. The van der Waals surface area contributed by atoms with Gasteiger partial charge in [-0.05, 0) is 79.7 Å².